The van der Waals surface area contributed by atoms with Crippen molar-refractivity contribution >= 4 is 6.29 Å². The molecule has 0 unspecified atom stereocenters. The lowest BCUT2D eigenvalue weighted by atomic mass is 10.1. The molecule has 0 radical (unpaired) electrons. The van der Waals surface area contributed by atoms with Crippen molar-refractivity contribution in [3.63, 3.8) is 0 Å². The van der Waals surface area contributed by atoms with E-state index in [1.54, 1.807) is 0 Å². The monoisotopic (exact) mass is 242 g/mol. The number of unbranched alkanes of at least 4 members (excludes halogenated alkanes) is 13. The van der Waals surface area contributed by atoms with Gasteiger partial charge in [0, 0.05) is 6.42 Å². The van der Waals surface area contributed by atoms with Crippen LogP contribution in [0.4, 0.5) is 0 Å². The smallest absolute Gasteiger partial charge is 0.119 e. The Bertz CT molecular complexity index is 142. The molecule has 0 aromatic heterocycles. The molecule has 0 aliphatic rings. The van der Waals surface area contributed by atoms with Crippen LogP contribution in [0.2, 0.25) is 0 Å². The van der Waals surface area contributed by atoms with E-state index in [1.165, 1.54) is 77.0 Å². The van der Waals surface area contributed by atoms with Gasteiger partial charge in [-0.25, -0.2) is 0 Å². The van der Waals surface area contributed by atoms with Crippen LogP contribution in [0.3, 0.4) is 0 Å². The minimum absolute atomic E-state index is 0.762. The quantitative estimate of drug-likeness (QED) is 0.283. The molecule has 0 bridgehead atoms. The molecule has 0 saturated heterocycles. The van der Waals surface area contributed by atoms with E-state index in [4.69, 9.17) is 0 Å². The Balaban J connectivity index is 2.87. The molecule has 1 heteroatoms. The minimum Gasteiger partial charge on any atom is -0.303 e. The number of carbonyl (C=O) groups is 1. The highest BCUT2D eigenvalue weighted by Crippen LogP contribution is 2.12. The lowest BCUT2D eigenvalue weighted by Crippen LogP contribution is -1.83. The molecule has 0 spiro atoms. The number of carbonyl (C=O) groups excluding carboxylic acids is 1. The van der Waals surface area contributed by atoms with Gasteiger partial charge in [-0.3, -0.25) is 0 Å². The third-order valence-electron chi connectivity index (χ3n) is 3.43. The fourth-order valence-electron chi connectivity index (χ4n) is 2.25. The average Bonchev–Trinajstić information content (AvgIpc) is 2.35. The molecule has 17 heavy (non-hydrogen) atoms. The zero-order valence-corrected chi connectivity index (χ0v) is 11.9. The molecule has 0 aromatic rings. The summed E-state index contributed by atoms with van der Waals surface area (Å²) in [5.74, 6) is 0. The van der Waals surface area contributed by atoms with Gasteiger partial charge in [0.05, 0.1) is 0 Å². The maximum Gasteiger partial charge on any atom is 0.119 e. The summed E-state index contributed by atoms with van der Waals surface area (Å²) in [4.78, 5) is 10.1. The van der Waals surface area contributed by atoms with Gasteiger partial charge in [-0.05, 0) is 6.42 Å². The van der Waals surface area contributed by atoms with Crippen LogP contribution in [-0.2, 0) is 4.79 Å². The molecule has 1 nitrogen and oxygen atoms in total. The van der Waals surface area contributed by atoms with Crippen molar-refractivity contribution in [3.05, 3.63) is 0 Å². The van der Waals surface area contributed by atoms with Gasteiger partial charge in [-0.15, -0.1) is 0 Å². The molecule has 0 aliphatic heterocycles. The summed E-state index contributed by atoms with van der Waals surface area (Å²) in [7, 11) is 0. The fraction of sp³-hybridized carbons (Fsp3) is 0.938. The number of aldehydes is 1. The summed E-state index contributed by atoms with van der Waals surface area (Å²) in [6.07, 6.45) is 19.6. The van der Waals surface area contributed by atoms with Crippen LogP contribution >= 0.6 is 0 Å². The summed E-state index contributed by atoms with van der Waals surface area (Å²) in [5, 5.41) is 0. The topological polar surface area (TPSA) is 17.1 Å². The predicted molar refractivity (Wildman–Crippen MR) is 76.4 cm³/mol. The van der Waals surface area contributed by atoms with Gasteiger partial charge in [0.2, 0.25) is 0 Å². The van der Waals surface area contributed by atoms with Gasteiger partial charge in [0.15, 0.2) is 0 Å². The van der Waals surface area contributed by atoms with E-state index in [2.05, 4.69) is 6.92 Å². The van der Waals surface area contributed by atoms with E-state index in [9.17, 15) is 4.79 Å². The van der Waals surface area contributed by atoms with Crippen LogP contribution in [0.25, 0.3) is 0 Å². The molecule has 0 fully saturated rings. The lowest BCUT2D eigenvalue weighted by molar-refractivity contribution is -0.107. The van der Waals surface area contributed by atoms with Crippen LogP contribution in [-0.4, -0.2) is 6.29 Å². The number of hydrogen-bond acceptors (Lipinski definition) is 1. The van der Waals surface area contributed by atoms with E-state index in [0.717, 1.165) is 19.1 Å². The molecular formula is C16H32O. The Labute approximate surface area is 108 Å². The van der Waals surface area contributed by atoms with Gasteiger partial charge >= 0.3 is 0 Å². The summed E-state index contributed by atoms with van der Waals surface area (Å²) in [6.45, 7) is 2.27. The summed E-state index contributed by atoms with van der Waals surface area (Å²) in [6, 6.07) is 0. The van der Waals surface area contributed by atoms with E-state index in [1.807, 2.05) is 0 Å². The standard InChI is InChI=1S/C16H32O/c1-2-3-4-5-6-7-8-9-10-11-12-13-14-15-16-17/h16H,2-15H2,1H3/i15+2. The van der Waals surface area contributed by atoms with Crippen LogP contribution in [0, 0.1) is 0 Å². The van der Waals surface area contributed by atoms with E-state index in [-0.39, 0.29) is 0 Å². The zero-order valence-electron chi connectivity index (χ0n) is 11.9. The molecule has 0 amide bonds. The van der Waals surface area contributed by atoms with Crippen molar-refractivity contribution in [2.45, 2.75) is 96.8 Å². The van der Waals surface area contributed by atoms with Gasteiger partial charge < -0.3 is 4.79 Å². The van der Waals surface area contributed by atoms with Crippen molar-refractivity contribution in [1.29, 1.82) is 0 Å². The first-order valence-electron chi connectivity index (χ1n) is 7.85. The highest BCUT2D eigenvalue weighted by Gasteiger charge is 1.93. The fourth-order valence-corrected chi connectivity index (χ4v) is 2.25. The molecule has 0 heterocycles. The molecule has 0 aliphatic carbocycles. The van der Waals surface area contributed by atoms with Crippen LogP contribution in [0.1, 0.15) is 96.8 Å². The summed E-state index contributed by atoms with van der Waals surface area (Å²) < 4.78 is 0. The summed E-state index contributed by atoms with van der Waals surface area (Å²) in [5.41, 5.74) is 0. The third kappa shape index (κ3) is 15.7. The van der Waals surface area contributed by atoms with Crippen LogP contribution in [0.5, 0.6) is 0 Å². The minimum atomic E-state index is 0.762. The largest absolute Gasteiger partial charge is 0.303 e. The first kappa shape index (κ1) is 16.7. The first-order valence-corrected chi connectivity index (χ1v) is 7.85. The van der Waals surface area contributed by atoms with Crippen LogP contribution < -0.4 is 0 Å². The van der Waals surface area contributed by atoms with Crippen molar-refractivity contribution in [2.24, 2.45) is 0 Å². The second-order valence-corrected chi connectivity index (χ2v) is 5.20. The van der Waals surface area contributed by atoms with Crippen LogP contribution in [0.15, 0.2) is 0 Å². The first-order chi connectivity index (χ1) is 8.41. The maximum absolute atomic E-state index is 10.1. The Morgan fingerprint density at radius 2 is 1.12 bits per heavy atom. The van der Waals surface area contributed by atoms with E-state index in [0.29, 0.717) is 0 Å². The van der Waals surface area contributed by atoms with Gasteiger partial charge in [0.25, 0.3) is 0 Å². The molecule has 0 saturated carbocycles. The Hall–Kier alpha value is -0.330. The Morgan fingerprint density at radius 1 is 0.706 bits per heavy atom. The normalized spacial score (nSPS) is 10.6. The molecule has 0 N–H and O–H groups in total. The SMILES string of the molecule is CCCCCCCCCCCCCC[14CH2]C=O. The summed E-state index contributed by atoms with van der Waals surface area (Å²) >= 11 is 0. The van der Waals surface area contributed by atoms with Gasteiger partial charge in [-0.2, -0.15) is 0 Å². The lowest BCUT2D eigenvalue weighted by Gasteiger charge is -2.02. The van der Waals surface area contributed by atoms with Crippen molar-refractivity contribution < 1.29 is 4.79 Å². The zero-order chi connectivity index (χ0) is 12.6. The predicted octanol–water partition coefficient (Wildman–Crippen LogP) is 5.67. The van der Waals surface area contributed by atoms with Crippen molar-refractivity contribution in [1.82, 2.24) is 0 Å². The third-order valence-corrected chi connectivity index (χ3v) is 3.43. The van der Waals surface area contributed by atoms with E-state index < -0.39 is 0 Å². The number of hydrogen-bond donors (Lipinski definition) is 0. The Morgan fingerprint density at radius 3 is 1.53 bits per heavy atom. The number of rotatable bonds is 14. The van der Waals surface area contributed by atoms with Crippen molar-refractivity contribution in [3.8, 4) is 0 Å². The Kier molecular flexibility index (Phi) is 15.4. The molecule has 0 atom stereocenters. The maximum atomic E-state index is 10.1. The van der Waals surface area contributed by atoms with Gasteiger partial charge in [0.1, 0.15) is 6.29 Å². The highest BCUT2D eigenvalue weighted by molar-refractivity contribution is 5.48. The second-order valence-electron chi connectivity index (χ2n) is 5.20. The van der Waals surface area contributed by atoms with Gasteiger partial charge in [-0.1, -0.05) is 84.0 Å². The highest BCUT2D eigenvalue weighted by atomic mass is 16.1. The molecule has 102 valence electrons. The van der Waals surface area contributed by atoms with Crippen molar-refractivity contribution in [2.75, 3.05) is 0 Å². The van der Waals surface area contributed by atoms with E-state index >= 15 is 0 Å². The molecule has 0 aromatic carbocycles. The second kappa shape index (κ2) is 15.7. The molecule has 0 rings (SSSR count). The average molecular weight is 242 g/mol. The molecular weight excluding hydrogens is 210 g/mol.